The van der Waals surface area contributed by atoms with E-state index < -0.39 is 8.32 Å². The van der Waals surface area contributed by atoms with Crippen LogP contribution in [0.25, 0.3) is 0 Å². The maximum Gasteiger partial charge on any atom is 0.192 e. The smallest absolute Gasteiger partial charge is 0.192 e. The lowest BCUT2D eigenvalue weighted by molar-refractivity contribution is 0.148. The Bertz CT molecular complexity index is 450. The first-order valence-electron chi connectivity index (χ1n) is 7.32. The first kappa shape index (κ1) is 18.4. The Labute approximate surface area is 135 Å². The molecular weight excluding hydrogens is 300 g/mol. The van der Waals surface area contributed by atoms with Crippen LogP contribution >= 0.6 is 11.6 Å². The van der Waals surface area contributed by atoms with Crippen molar-refractivity contribution in [1.29, 1.82) is 0 Å². The van der Waals surface area contributed by atoms with Gasteiger partial charge >= 0.3 is 0 Å². The summed E-state index contributed by atoms with van der Waals surface area (Å²) in [5, 5.41) is 0.918. The summed E-state index contributed by atoms with van der Waals surface area (Å²) >= 11 is 6.20. The Morgan fingerprint density at radius 2 is 1.81 bits per heavy atom. The highest BCUT2D eigenvalue weighted by Crippen LogP contribution is 2.36. The summed E-state index contributed by atoms with van der Waals surface area (Å²) in [7, 11) is -1.73. The summed E-state index contributed by atoms with van der Waals surface area (Å²) in [5.41, 5.74) is 1.17. The molecule has 1 aromatic carbocycles. The van der Waals surface area contributed by atoms with Crippen molar-refractivity contribution in [2.24, 2.45) is 0 Å². The fourth-order valence-electron chi connectivity index (χ4n) is 1.43. The lowest BCUT2D eigenvalue weighted by atomic mass is 10.2. The molecule has 2 nitrogen and oxygen atoms in total. The Balaban J connectivity index is 2.31. The predicted molar refractivity (Wildman–Crippen MR) is 93.2 cm³/mol. The highest BCUT2D eigenvalue weighted by Gasteiger charge is 2.37. The molecule has 0 N–H and O–H groups in total. The second-order valence-corrected chi connectivity index (χ2v) is 12.0. The van der Waals surface area contributed by atoms with E-state index in [2.05, 4.69) is 33.9 Å². The lowest BCUT2D eigenvalue weighted by Gasteiger charge is -2.36. The number of halogens is 1. The maximum atomic E-state index is 6.20. The molecule has 118 valence electrons. The van der Waals surface area contributed by atoms with Gasteiger partial charge in [0.05, 0.1) is 19.8 Å². The maximum absolute atomic E-state index is 6.20. The monoisotopic (exact) mass is 326 g/mol. The SMILES string of the molecule is CC(C)(C)[Si](C)(C)OC/C(Cl)=C/COCc1ccccc1. The van der Waals surface area contributed by atoms with Crippen molar-refractivity contribution in [2.45, 2.75) is 45.5 Å². The van der Waals surface area contributed by atoms with E-state index in [9.17, 15) is 0 Å². The van der Waals surface area contributed by atoms with Crippen molar-refractivity contribution in [1.82, 2.24) is 0 Å². The minimum atomic E-state index is -1.73. The molecular formula is C17H27ClO2Si. The van der Waals surface area contributed by atoms with Crippen molar-refractivity contribution in [3.05, 3.63) is 47.0 Å². The highest BCUT2D eigenvalue weighted by atomic mass is 35.5. The molecule has 0 aromatic heterocycles. The summed E-state index contributed by atoms with van der Waals surface area (Å²) in [6, 6.07) is 10.1. The molecule has 21 heavy (non-hydrogen) atoms. The summed E-state index contributed by atoms with van der Waals surface area (Å²) in [6.07, 6.45) is 1.89. The largest absolute Gasteiger partial charge is 0.412 e. The van der Waals surface area contributed by atoms with Crippen LogP contribution in [0.2, 0.25) is 18.1 Å². The fraction of sp³-hybridized carbons (Fsp3) is 0.529. The van der Waals surface area contributed by atoms with E-state index in [0.717, 1.165) is 0 Å². The minimum absolute atomic E-state index is 0.202. The Morgan fingerprint density at radius 1 is 1.19 bits per heavy atom. The first-order chi connectivity index (χ1) is 9.72. The van der Waals surface area contributed by atoms with Crippen molar-refractivity contribution in [3.63, 3.8) is 0 Å². The van der Waals surface area contributed by atoms with Gasteiger partial charge in [0.2, 0.25) is 0 Å². The van der Waals surface area contributed by atoms with Crippen LogP contribution in [0.3, 0.4) is 0 Å². The lowest BCUT2D eigenvalue weighted by Crippen LogP contribution is -2.41. The number of hydrogen-bond acceptors (Lipinski definition) is 2. The predicted octanol–water partition coefficient (Wildman–Crippen LogP) is 5.35. The molecule has 0 aliphatic heterocycles. The third-order valence-electron chi connectivity index (χ3n) is 3.91. The Hall–Kier alpha value is -0.613. The summed E-state index contributed by atoms with van der Waals surface area (Å²) in [5.74, 6) is 0. The van der Waals surface area contributed by atoms with E-state index in [1.807, 2.05) is 36.4 Å². The van der Waals surface area contributed by atoms with E-state index in [1.165, 1.54) is 5.56 Å². The molecule has 4 heteroatoms. The average Bonchev–Trinajstić information content (AvgIpc) is 2.41. The van der Waals surface area contributed by atoms with Crippen LogP contribution in [-0.2, 0) is 15.8 Å². The molecule has 0 amide bonds. The van der Waals surface area contributed by atoms with Crippen molar-refractivity contribution in [3.8, 4) is 0 Å². The second-order valence-electron chi connectivity index (χ2n) is 6.70. The third kappa shape index (κ3) is 6.79. The van der Waals surface area contributed by atoms with Crippen LogP contribution < -0.4 is 0 Å². The van der Waals surface area contributed by atoms with Gasteiger partial charge in [-0.05, 0) is 29.8 Å². The van der Waals surface area contributed by atoms with Gasteiger partial charge < -0.3 is 9.16 Å². The van der Waals surface area contributed by atoms with Gasteiger partial charge in [0.25, 0.3) is 0 Å². The molecule has 0 spiro atoms. The first-order valence-corrected chi connectivity index (χ1v) is 10.6. The van der Waals surface area contributed by atoms with E-state index in [1.54, 1.807) is 0 Å². The molecule has 0 unspecified atom stereocenters. The molecule has 0 saturated heterocycles. The zero-order valence-corrected chi connectivity index (χ0v) is 15.5. The van der Waals surface area contributed by atoms with Gasteiger partial charge in [0, 0.05) is 5.03 Å². The van der Waals surface area contributed by atoms with Crippen molar-refractivity contribution < 1.29 is 9.16 Å². The topological polar surface area (TPSA) is 18.5 Å². The minimum Gasteiger partial charge on any atom is -0.412 e. The molecule has 0 radical (unpaired) electrons. The van der Waals surface area contributed by atoms with Crippen LogP contribution in [0.1, 0.15) is 26.3 Å². The van der Waals surface area contributed by atoms with Gasteiger partial charge in [0.1, 0.15) is 0 Å². The molecule has 0 bridgehead atoms. The van der Waals surface area contributed by atoms with Crippen LogP contribution in [0.5, 0.6) is 0 Å². The Morgan fingerprint density at radius 3 is 2.38 bits per heavy atom. The van der Waals surface area contributed by atoms with E-state index in [-0.39, 0.29) is 5.04 Å². The Kier molecular flexibility index (Phi) is 7.14. The zero-order valence-electron chi connectivity index (χ0n) is 13.8. The molecule has 1 aromatic rings. The second kappa shape index (κ2) is 8.13. The van der Waals surface area contributed by atoms with Crippen LogP contribution in [0.4, 0.5) is 0 Å². The molecule has 0 heterocycles. The van der Waals surface area contributed by atoms with Crippen LogP contribution in [0, 0.1) is 0 Å². The zero-order chi connectivity index (χ0) is 15.9. The van der Waals surface area contributed by atoms with Crippen molar-refractivity contribution in [2.75, 3.05) is 13.2 Å². The molecule has 1 rings (SSSR count). The standard InChI is InChI=1S/C17H27ClO2Si/c1-17(2,3)21(4,5)20-14-16(18)11-12-19-13-15-9-7-6-8-10-15/h6-11H,12-14H2,1-5H3/b16-11-. The fourth-order valence-corrected chi connectivity index (χ4v) is 2.58. The summed E-state index contributed by atoms with van der Waals surface area (Å²) in [4.78, 5) is 0. The van der Waals surface area contributed by atoms with Gasteiger partial charge in [-0.15, -0.1) is 0 Å². The average molecular weight is 327 g/mol. The molecule has 0 atom stereocenters. The number of benzene rings is 1. The number of hydrogen-bond donors (Lipinski definition) is 0. The summed E-state index contributed by atoms with van der Waals surface area (Å²) in [6.45, 7) is 12.7. The van der Waals surface area contributed by atoms with E-state index in [0.29, 0.717) is 24.9 Å². The number of rotatable bonds is 7. The van der Waals surface area contributed by atoms with Crippen LogP contribution in [-0.4, -0.2) is 21.5 Å². The molecule has 0 saturated carbocycles. The highest BCUT2D eigenvalue weighted by molar-refractivity contribution is 6.74. The van der Waals surface area contributed by atoms with E-state index >= 15 is 0 Å². The normalized spacial score (nSPS) is 13.5. The van der Waals surface area contributed by atoms with E-state index in [4.69, 9.17) is 20.8 Å². The summed E-state index contributed by atoms with van der Waals surface area (Å²) < 4.78 is 11.6. The van der Waals surface area contributed by atoms with Gasteiger partial charge in [0.15, 0.2) is 8.32 Å². The molecule has 0 aliphatic rings. The number of ether oxygens (including phenoxy) is 1. The van der Waals surface area contributed by atoms with Gasteiger partial charge in [-0.3, -0.25) is 0 Å². The van der Waals surface area contributed by atoms with Crippen molar-refractivity contribution >= 4 is 19.9 Å². The van der Waals surface area contributed by atoms with Gasteiger partial charge in [-0.2, -0.15) is 0 Å². The quantitative estimate of drug-likeness (QED) is 0.497. The molecule has 0 fully saturated rings. The third-order valence-corrected chi connectivity index (χ3v) is 8.65. The van der Waals surface area contributed by atoms with Crippen LogP contribution in [0.15, 0.2) is 41.4 Å². The van der Waals surface area contributed by atoms with Gasteiger partial charge in [-0.1, -0.05) is 62.7 Å². The van der Waals surface area contributed by atoms with Gasteiger partial charge in [-0.25, -0.2) is 0 Å². The molecule has 0 aliphatic carbocycles.